The maximum Gasteiger partial charge on any atom is 0.253 e. The van der Waals surface area contributed by atoms with Crippen molar-refractivity contribution in [3.8, 4) is 0 Å². The Morgan fingerprint density at radius 1 is 1.38 bits per heavy atom. The van der Waals surface area contributed by atoms with Crippen molar-refractivity contribution in [3.05, 3.63) is 36.0 Å². The number of allylic oxidation sites excluding steroid dienone is 4. The van der Waals surface area contributed by atoms with E-state index in [0.717, 1.165) is 31.3 Å². The van der Waals surface area contributed by atoms with Crippen LogP contribution in [0.2, 0.25) is 0 Å². The van der Waals surface area contributed by atoms with Gasteiger partial charge in [-0.05, 0) is 19.8 Å². The number of carbonyl (C=O) groups is 2. The van der Waals surface area contributed by atoms with Crippen LogP contribution < -0.4 is 0 Å². The van der Waals surface area contributed by atoms with Crippen LogP contribution in [0.5, 0.6) is 0 Å². The summed E-state index contributed by atoms with van der Waals surface area (Å²) < 4.78 is 0. The van der Waals surface area contributed by atoms with Gasteiger partial charge >= 0.3 is 0 Å². The van der Waals surface area contributed by atoms with Crippen LogP contribution in [0.3, 0.4) is 0 Å². The van der Waals surface area contributed by atoms with Gasteiger partial charge in [-0.1, -0.05) is 49.6 Å². The van der Waals surface area contributed by atoms with Crippen molar-refractivity contribution in [3.63, 3.8) is 0 Å². The highest BCUT2D eigenvalue weighted by molar-refractivity contribution is 6.02. The molecule has 0 aromatic rings. The normalized spacial score (nSPS) is 18.1. The Balaban J connectivity index is 2.42. The van der Waals surface area contributed by atoms with E-state index in [2.05, 4.69) is 6.92 Å². The SMILES string of the molecule is CCCCC(O)\C=C(C)/C=C/C=C/C(=O)N1CCCC1=O. The summed E-state index contributed by atoms with van der Waals surface area (Å²) in [5, 5.41) is 9.74. The van der Waals surface area contributed by atoms with Gasteiger partial charge in [0.15, 0.2) is 0 Å². The topological polar surface area (TPSA) is 57.6 Å². The molecule has 0 aromatic heterocycles. The van der Waals surface area contributed by atoms with Crippen molar-refractivity contribution in [1.82, 2.24) is 4.90 Å². The number of amides is 2. The van der Waals surface area contributed by atoms with E-state index >= 15 is 0 Å². The van der Waals surface area contributed by atoms with Crippen molar-refractivity contribution >= 4 is 11.8 Å². The summed E-state index contributed by atoms with van der Waals surface area (Å²) in [4.78, 5) is 24.4. The second kappa shape index (κ2) is 9.29. The van der Waals surface area contributed by atoms with Gasteiger partial charge in [-0.3, -0.25) is 14.5 Å². The first-order valence-electron chi connectivity index (χ1n) is 7.60. The van der Waals surface area contributed by atoms with Gasteiger partial charge < -0.3 is 5.11 Å². The number of likely N-dealkylation sites (tertiary alicyclic amines) is 1. The van der Waals surface area contributed by atoms with Crippen molar-refractivity contribution in [2.24, 2.45) is 0 Å². The van der Waals surface area contributed by atoms with E-state index in [9.17, 15) is 14.7 Å². The molecule has 21 heavy (non-hydrogen) atoms. The van der Waals surface area contributed by atoms with Gasteiger partial charge in [0, 0.05) is 19.0 Å². The lowest BCUT2D eigenvalue weighted by molar-refractivity contribution is -0.138. The summed E-state index contributed by atoms with van der Waals surface area (Å²) in [5.41, 5.74) is 0.952. The molecular weight excluding hydrogens is 266 g/mol. The average molecular weight is 291 g/mol. The van der Waals surface area contributed by atoms with E-state index in [1.54, 1.807) is 12.2 Å². The standard InChI is InChI=1S/C17H25NO3/c1-3-4-9-15(19)13-14(2)8-5-6-10-16(20)18-12-7-11-17(18)21/h5-6,8,10,13,15,19H,3-4,7,9,11-12H2,1-2H3/b8-5+,10-6+,14-13-. The predicted octanol–water partition coefficient (Wildman–Crippen LogP) is 2.75. The molecule has 1 atom stereocenters. The van der Waals surface area contributed by atoms with Crippen molar-refractivity contribution in [2.45, 2.75) is 52.1 Å². The monoisotopic (exact) mass is 291 g/mol. The van der Waals surface area contributed by atoms with Crippen LogP contribution in [-0.4, -0.2) is 34.5 Å². The molecule has 0 saturated carbocycles. The highest BCUT2D eigenvalue weighted by Crippen LogP contribution is 2.10. The number of hydrogen-bond donors (Lipinski definition) is 1. The molecule has 1 saturated heterocycles. The fourth-order valence-electron chi connectivity index (χ4n) is 2.17. The number of aliphatic hydroxyl groups excluding tert-OH is 1. The fourth-order valence-corrected chi connectivity index (χ4v) is 2.17. The molecule has 1 aliphatic rings. The van der Waals surface area contributed by atoms with Crippen molar-refractivity contribution < 1.29 is 14.7 Å². The number of rotatable bonds is 7. The zero-order chi connectivity index (χ0) is 15.7. The van der Waals surface area contributed by atoms with Crippen LogP contribution >= 0.6 is 0 Å². The fraction of sp³-hybridized carbons (Fsp3) is 0.529. The van der Waals surface area contributed by atoms with Gasteiger partial charge in [0.1, 0.15) is 0 Å². The molecule has 2 amide bonds. The lowest BCUT2D eigenvalue weighted by Gasteiger charge is -2.09. The largest absolute Gasteiger partial charge is 0.389 e. The maximum atomic E-state index is 11.7. The molecular formula is C17H25NO3. The van der Waals surface area contributed by atoms with Crippen LogP contribution in [0.4, 0.5) is 0 Å². The summed E-state index contributed by atoms with van der Waals surface area (Å²) >= 11 is 0. The Labute approximate surface area is 126 Å². The van der Waals surface area contributed by atoms with Gasteiger partial charge in [-0.25, -0.2) is 0 Å². The Morgan fingerprint density at radius 2 is 2.10 bits per heavy atom. The van der Waals surface area contributed by atoms with Crippen LogP contribution in [0, 0.1) is 0 Å². The summed E-state index contributed by atoms with van der Waals surface area (Å²) in [5.74, 6) is -0.351. The van der Waals surface area contributed by atoms with Gasteiger partial charge in [0.05, 0.1) is 6.10 Å². The van der Waals surface area contributed by atoms with Gasteiger partial charge in [0.2, 0.25) is 5.91 Å². The Kier molecular flexibility index (Phi) is 7.69. The minimum absolute atomic E-state index is 0.0937. The van der Waals surface area contributed by atoms with Crippen LogP contribution in [-0.2, 0) is 9.59 Å². The molecule has 1 heterocycles. The third-order valence-corrected chi connectivity index (χ3v) is 3.36. The number of carbonyl (C=O) groups excluding carboxylic acids is 2. The highest BCUT2D eigenvalue weighted by Gasteiger charge is 2.24. The van der Waals surface area contributed by atoms with Gasteiger partial charge in [-0.2, -0.15) is 0 Å². The quantitative estimate of drug-likeness (QED) is 0.579. The first-order valence-corrected chi connectivity index (χ1v) is 7.60. The summed E-state index contributed by atoms with van der Waals surface area (Å²) in [6, 6.07) is 0. The maximum absolute atomic E-state index is 11.7. The van der Waals surface area contributed by atoms with E-state index in [4.69, 9.17) is 0 Å². The lowest BCUT2D eigenvalue weighted by Crippen LogP contribution is -2.30. The molecule has 0 aliphatic carbocycles. The summed E-state index contributed by atoms with van der Waals surface area (Å²) in [7, 11) is 0. The Bertz CT molecular complexity index is 449. The van der Waals surface area contributed by atoms with Gasteiger partial charge in [-0.15, -0.1) is 0 Å². The molecule has 0 bridgehead atoms. The minimum atomic E-state index is -0.414. The number of aliphatic hydroxyl groups is 1. The minimum Gasteiger partial charge on any atom is -0.389 e. The first kappa shape index (κ1) is 17.4. The lowest BCUT2D eigenvalue weighted by atomic mass is 10.1. The highest BCUT2D eigenvalue weighted by atomic mass is 16.3. The molecule has 4 heteroatoms. The van der Waals surface area contributed by atoms with Crippen molar-refractivity contribution in [2.75, 3.05) is 6.54 Å². The first-order chi connectivity index (χ1) is 10.0. The molecule has 1 N–H and O–H groups in total. The van der Waals surface area contributed by atoms with Crippen molar-refractivity contribution in [1.29, 1.82) is 0 Å². The summed E-state index contributed by atoms with van der Waals surface area (Å²) in [6.07, 6.45) is 12.1. The molecule has 1 aliphatic heterocycles. The third kappa shape index (κ3) is 6.54. The van der Waals surface area contributed by atoms with Crippen LogP contribution in [0.1, 0.15) is 46.0 Å². The molecule has 1 rings (SSSR count). The molecule has 0 spiro atoms. The molecule has 1 unspecified atom stereocenters. The molecule has 1 fully saturated rings. The van der Waals surface area contributed by atoms with Gasteiger partial charge in [0.25, 0.3) is 5.91 Å². The Morgan fingerprint density at radius 3 is 2.71 bits per heavy atom. The number of unbranched alkanes of at least 4 members (excludes halogenated alkanes) is 1. The number of hydrogen-bond acceptors (Lipinski definition) is 3. The number of imide groups is 1. The zero-order valence-electron chi connectivity index (χ0n) is 12.9. The second-order valence-electron chi connectivity index (χ2n) is 5.33. The third-order valence-electron chi connectivity index (χ3n) is 3.36. The van der Waals surface area contributed by atoms with Crippen LogP contribution in [0.25, 0.3) is 0 Å². The molecule has 0 aromatic carbocycles. The predicted molar refractivity (Wildman–Crippen MR) is 83.5 cm³/mol. The number of nitrogens with zero attached hydrogens (tertiary/aromatic N) is 1. The van der Waals surface area contributed by atoms with E-state index in [1.807, 2.05) is 19.1 Å². The molecule has 116 valence electrons. The molecule has 4 nitrogen and oxygen atoms in total. The van der Waals surface area contributed by atoms with E-state index in [1.165, 1.54) is 11.0 Å². The van der Waals surface area contributed by atoms with E-state index in [0.29, 0.717) is 13.0 Å². The van der Waals surface area contributed by atoms with E-state index in [-0.39, 0.29) is 11.8 Å². The van der Waals surface area contributed by atoms with E-state index < -0.39 is 6.10 Å². The summed E-state index contributed by atoms with van der Waals surface area (Å²) in [6.45, 7) is 4.52. The van der Waals surface area contributed by atoms with Crippen LogP contribution in [0.15, 0.2) is 36.0 Å². The second-order valence-corrected chi connectivity index (χ2v) is 5.33. The zero-order valence-corrected chi connectivity index (χ0v) is 12.9. The Hall–Kier alpha value is -1.68. The average Bonchev–Trinajstić information content (AvgIpc) is 2.87. The molecule has 0 radical (unpaired) electrons. The smallest absolute Gasteiger partial charge is 0.253 e.